The predicted molar refractivity (Wildman–Crippen MR) is 91.2 cm³/mol. The van der Waals surface area contributed by atoms with E-state index in [4.69, 9.17) is 16.6 Å². The van der Waals surface area contributed by atoms with Crippen LogP contribution in [0.5, 0.6) is 0 Å². The summed E-state index contributed by atoms with van der Waals surface area (Å²) in [5.41, 5.74) is 10.2. The molecule has 0 bridgehead atoms. The number of carbonyl (C=O) groups excluding carboxylic acids is 3. The number of hydrogen-bond acceptors (Lipinski definition) is 8. The van der Waals surface area contributed by atoms with E-state index in [0.717, 1.165) is 4.90 Å². The number of primary amides is 1. The number of carboxylic acids is 2. The Hall–Kier alpha value is -2.60. The first kappa shape index (κ1) is 20.7. The predicted octanol–water partition coefficient (Wildman–Crippen LogP) is -0.897. The van der Waals surface area contributed by atoms with E-state index in [1.807, 2.05) is 0 Å². The average molecular weight is 401 g/mol. The molecule has 0 saturated carbocycles. The van der Waals surface area contributed by atoms with Crippen molar-refractivity contribution in [3.63, 3.8) is 0 Å². The number of fused-ring (bicyclic) bond motifs is 1. The van der Waals surface area contributed by atoms with E-state index in [-0.39, 0.29) is 48.7 Å². The maximum absolute atomic E-state index is 12.4. The molecule has 0 spiro atoms. The van der Waals surface area contributed by atoms with Gasteiger partial charge in [-0.15, -0.1) is 11.8 Å². The second-order valence-corrected chi connectivity index (χ2v) is 7.16. The van der Waals surface area contributed by atoms with E-state index in [1.165, 1.54) is 11.8 Å². The lowest BCUT2D eigenvalue weighted by Gasteiger charge is -2.48. The van der Waals surface area contributed by atoms with Gasteiger partial charge in [-0.25, -0.2) is 9.59 Å². The summed E-state index contributed by atoms with van der Waals surface area (Å²) in [6.07, 6.45) is -0.779. The Bertz CT molecular complexity index is 722. The highest BCUT2D eigenvalue weighted by atomic mass is 32.2. The minimum atomic E-state index is -1.37. The number of ether oxygens (including phenoxy) is 1. The summed E-state index contributed by atoms with van der Waals surface area (Å²) in [7, 11) is 0. The Labute approximate surface area is 157 Å². The molecule has 2 aliphatic rings. The highest BCUT2D eigenvalue weighted by Crippen LogP contribution is 2.44. The first-order chi connectivity index (χ1) is 12.6. The molecule has 148 valence electrons. The zero-order chi connectivity index (χ0) is 20.3. The molecular formula is C15H19N3O8S. The van der Waals surface area contributed by atoms with Crippen LogP contribution < -0.4 is 11.5 Å². The summed E-state index contributed by atoms with van der Waals surface area (Å²) in [6.45, 7) is -0.355. The molecule has 1 saturated heterocycles. The first-order valence-corrected chi connectivity index (χ1v) is 9.03. The van der Waals surface area contributed by atoms with Gasteiger partial charge in [0.2, 0.25) is 5.91 Å². The van der Waals surface area contributed by atoms with E-state index in [1.54, 1.807) is 0 Å². The molecule has 0 aromatic rings. The number of carboxylic acid groups (broad SMARTS) is 2. The Morgan fingerprint density at radius 2 is 1.96 bits per heavy atom. The number of aliphatic carboxylic acids is 2. The molecule has 0 radical (unpaired) electrons. The Kier molecular flexibility index (Phi) is 6.44. The zero-order valence-corrected chi connectivity index (χ0v) is 14.9. The van der Waals surface area contributed by atoms with Gasteiger partial charge in [0.1, 0.15) is 35.4 Å². The van der Waals surface area contributed by atoms with E-state index < -0.39 is 41.3 Å². The third kappa shape index (κ3) is 4.39. The van der Waals surface area contributed by atoms with Gasteiger partial charge in [0, 0.05) is 17.7 Å². The van der Waals surface area contributed by atoms with Crippen LogP contribution in [0.2, 0.25) is 0 Å². The number of nitrogens with zero attached hydrogens (tertiary/aromatic N) is 1. The fraction of sp³-hybridized carbons (Fsp3) is 0.533. The molecule has 0 aromatic heterocycles. The third-order valence-electron chi connectivity index (χ3n) is 4.24. The number of nitrogens with two attached hydrogens (primary N) is 2. The van der Waals surface area contributed by atoms with Crippen molar-refractivity contribution in [2.24, 2.45) is 17.4 Å². The quantitative estimate of drug-likeness (QED) is 0.278. The molecule has 1 fully saturated rings. The topological polar surface area (TPSA) is 190 Å². The number of ketones is 1. The Morgan fingerprint density at radius 3 is 2.52 bits per heavy atom. The van der Waals surface area contributed by atoms with Gasteiger partial charge in [-0.1, -0.05) is 0 Å². The van der Waals surface area contributed by atoms with Crippen LogP contribution in [-0.4, -0.2) is 68.6 Å². The Balaban J connectivity index is 2.04. The smallest absolute Gasteiger partial charge is 0.404 e. The van der Waals surface area contributed by atoms with Gasteiger partial charge in [0.15, 0.2) is 0 Å². The summed E-state index contributed by atoms with van der Waals surface area (Å²) in [6, 6.07) is -1.08. The minimum absolute atomic E-state index is 0.0218. The van der Waals surface area contributed by atoms with Crippen LogP contribution in [0, 0.1) is 5.92 Å². The normalized spacial score (nSPS) is 22.6. The number of amides is 2. The standard InChI is InChI=1S/C15H19N3O8S/c16-7(13(21)22)2-1-3-8(19)9-11(20)18-10(14(23)24)6(4-26-15(17)25)5-27-12(9)18/h7,9,12H,1-5,16H2,(H2,17,25)(H,21,22)(H,23,24)/t7-,9-,12-/m1/s1. The number of hydrogen-bond donors (Lipinski definition) is 4. The van der Waals surface area contributed by atoms with Crippen molar-refractivity contribution in [2.45, 2.75) is 30.7 Å². The first-order valence-electron chi connectivity index (χ1n) is 7.98. The van der Waals surface area contributed by atoms with Crippen LogP contribution in [0.1, 0.15) is 19.3 Å². The number of rotatable bonds is 9. The van der Waals surface area contributed by atoms with E-state index in [2.05, 4.69) is 4.74 Å². The molecule has 6 N–H and O–H groups in total. The fourth-order valence-electron chi connectivity index (χ4n) is 2.89. The molecule has 0 aromatic carbocycles. The maximum Gasteiger partial charge on any atom is 0.404 e. The zero-order valence-electron chi connectivity index (χ0n) is 14.1. The molecular weight excluding hydrogens is 382 g/mol. The van der Waals surface area contributed by atoms with Crippen molar-refractivity contribution in [2.75, 3.05) is 12.4 Å². The molecule has 2 heterocycles. The lowest BCUT2D eigenvalue weighted by Crippen LogP contribution is -2.64. The Morgan fingerprint density at radius 1 is 1.30 bits per heavy atom. The number of thioether (sulfide) groups is 1. The van der Waals surface area contributed by atoms with Gasteiger partial charge in [-0.05, 0) is 12.8 Å². The highest BCUT2D eigenvalue weighted by Gasteiger charge is 2.56. The summed E-state index contributed by atoms with van der Waals surface area (Å²) in [5, 5.41) is 17.5. The summed E-state index contributed by atoms with van der Waals surface area (Å²) >= 11 is 1.19. The number of β-lactam (4-membered cyclic amide) rings is 1. The van der Waals surface area contributed by atoms with Crippen molar-refractivity contribution >= 4 is 41.5 Å². The second kappa shape index (κ2) is 8.39. The molecule has 0 unspecified atom stereocenters. The number of Topliss-reactive ketones (excluding diaryl/α,β-unsaturated/α-hetero) is 1. The van der Waals surface area contributed by atoms with E-state index in [0.29, 0.717) is 0 Å². The van der Waals surface area contributed by atoms with Crippen LogP contribution >= 0.6 is 11.8 Å². The highest BCUT2D eigenvalue weighted by molar-refractivity contribution is 8.00. The van der Waals surface area contributed by atoms with Crippen molar-refractivity contribution in [3.8, 4) is 0 Å². The van der Waals surface area contributed by atoms with Gasteiger partial charge in [-0.2, -0.15) is 0 Å². The van der Waals surface area contributed by atoms with Crippen LogP contribution in [0.15, 0.2) is 11.3 Å². The van der Waals surface area contributed by atoms with Crippen LogP contribution in [-0.2, 0) is 23.9 Å². The van der Waals surface area contributed by atoms with Crippen molar-refractivity contribution in [1.82, 2.24) is 4.90 Å². The minimum Gasteiger partial charge on any atom is -0.480 e. The maximum atomic E-state index is 12.4. The summed E-state index contributed by atoms with van der Waals surface area (Å²) < 4.78 is 4.61. The van der Waals surface area contributed by atoms with Gasteiger partial charge < -0.3 is 26.4 Å². The lowest BCUT2D eigenvalue weighted by molar-refractivity contribution is -0.157. The van der Waals surface area contributed by atoms with Crippen LogP contribution in [0.4, 0.5) is 4.79 Å². The van der Waals surface area contributed by atoms with Crippen LogP contribution in [0.3, 0.4) is 0 Å². The molecule has 11 nitrogen and oxygen atoms in total. The van der Waals surface area contributed by atoms with Crippen molar-refractivity contribution in [1.29, 1.82) is 0 Å². The second-order valence-electron chi connectivity index (χ2n) is 6.06. The molecule has 2 rings (SSSR count). The fourth-order valence-corrected chi connectivity index (χ4v) is 4.30. The summed E-state index contributed by atoms with van der Waals surface area (Å²) in [5.74, 6) is -4.38. The largest absolute Gasteiger partial charge is 0.480 e. The average Bonchev–Trinajstić information content (AvgIpc) is 2.58. The summed E-state index contributed by atoms with van der Waals surface area (Å²) in [4.78, 5) is 58.7. The van der Waals surface area contributed by atoms with E-state index >= 15 is 0 Å². The van der Waals surface area contributed by atoms with Gasteiger partial charge in [0.25, 0.3) is 0 Å². The lowest BCUT2D eigenvalue weighted by atomic mass is 9.88. The molecule has 3 atom stereocenters. The number of carbonyl (C=O) groups is 5. The molecule has 2 aliphatic heterocycles. The van der Waals surface area contributed by atoms with Crippen molar-refractivity contribution in [3.05, 3.63) is 11.3 Å². The van der Waals surface area contributed by atoms with E-state index in [9.17, 15) is 29.1 Å². The third-order valence-corrected chi connectivity index (χ3v) is 5.58. The van der Waals surface area contributed by atoms with Gasteiger partial charge >= 0.3 is 18.0 Å². The van der Waals surface area contributed by atoms with Crippen LogP contribution in [0.25, 0.3) is 0 Å². The van der Waals surface area contributed by atoms with Gasteiger partial charge in [-0.3, -0.25) is 19.3 Å². The molecule has 27 heavy (non-hydrogen) atoms. The monoisotopic (exact) mass is 401 g/mol. The SMILES string of the molecule is NC(=O)OCC1=C(C(=O)O)N2C(=O)[C@@H](C(=O)CCC[C@@H](N)C(=O)O)[C@H]2SC1. The van der Waals surface area contributed by atoms with Gasteiger partial charge in [0.05, 0.1) is 0 Å². The molecule has 12 heteroatoms. The molecule has 2 amide bonds. The van der Waals surface area contributed by atoms with Crippen molar-refractivity contribution < 1.29 is 38.9 Å². The molecule has 0 aliphatic carbocycles.